The van der Waals surface area contributed by atoms with Crippen molar-refractivity contribution in [1.82, 2.24) is 9.55 Å². The van der Waals surface area contributed by atoms with Gasteiger partial charge in [0, 0.05) is 13.0 Å². The van der Waals surface area contributed by atoms with Gasteiger partial charge in [0.15, 0.2) is 0 Å². The van der Waals surface area contributed by atoms with Gasteiger partial charge in [0.25, 0.3) is 0 Å². The maximum absolute atomic E-state index is 12.2. The van der Waals surface area contributed by atoms with E-state index < -0.39 is 12.6 Å². The largest absolute Gasteiger partial charge is 0.389 e. The fourth-order valence-corrected chi connectivity index (χ4v) is 2.45. The van der Waals surface area contributed by atoms with Crippen LogP contribution < -0.4 is 0 Å². The van der Waals surface area contributed by atoms with Gasteiger partial charge < -0.3 is 4.57 Å². The maximum atomic E-state index is 12.2. The predicted octanol–water partition coefficient (Wildman–Crippen LogP) is 4.77. The van der Waals surface area contributed by atoms with Crippen molar-refractivity contribution in [1.29, 1.82) is 0 Å². The molecule has 7 heteroatoms. The average molecular weight is 311 g/mol. The monoisotopic (exact) mass is 310 g/mol. The zero-order valence-corrected chi connectivity index (χ0v) is 11.4. The Balaban J connectivity index is 2.30. The Labute approximate surface area is 118 Å². The summed E-state index contributed by atoms with van der Waals surface area (Å²) in [6.07, 6.45) is -5.01. The van der Waals surface area contributed by atoms with E-state index >= 15 is 0 Å². The SMILES string of the molecule is FC(F)(F)CCCn1c(CCl)nc2cccc(Cl)c21. The van der Waals surface area contributed by atoms with E-state index in [4.69, 9.17) is 23.2 Å². The number of imidazole rings is 1. The van der Waals surface area contributed by atoms with Crippen LogP contribution in [0.2, 0.25) is 5.02 Å². The number of halogens is 5. The van der Waals surface area contributed by atoms with Crippen molar-refractivity contribution in [2.45, 2.75) is 31.4 Å². The van der Waals surface area contributed by atoms with Gasteiger partial charge in [0.2, 0.25) is 0 Å². The second-order valence-corrected chi connectivity index (χ2v) is 4.81. The third kappa shape index (κ3) is 3.34. The number of hydrogen-bond donors (Lipinski definition) is 0. The molecule has 104 valence electrons. The number of fused-ring (bicyclic) bond motifs is 1. The molecule has 0 N–H and O–H groups in total. The molecule has 0 fully saturated rings. The van der Waals surface area contributed by atoms with Crippen LogP contribution in [0.4, 0.5) is 13.2 Å². The number of rotatable bonds is 4. The fourth-order valence-electron chi connectivity index (χ4n) is 1.97. The quantitative estimate of drug-likeness (QED) is 0.744. The van der Waals surface area contributed by atoms with E-state index in [2.05, 4.69) is 4.98 Å². The molecule has 1 aromatic carbocycles. The number of hydrogen-bond acceptors (Lipinski definition) is 1. The minimum atomic E-state index is -4.15. The van der Waals surface area contributed by atoms with Gasteiger partial charge in [-0.05, 0) is 18.6 Å². The fraction of sp³-hybridized carbons (Fsp3) is 0.417. The Hall–Kier alpha value is -0.940. The van der Waals surface area contributed by atoms with Crippen LogP contribution >= 0.6 is 23.2 Å². The summed E-state index contributed by atoms with van der Waals surface area (Å²) < 4.78 is 38.2. The van der Waals surface area contributed by atoms with E-state index in [1.54, 1.807) is 22.8 Å². The number of benzene rings is 1. The Bertz CT molecular complexity index is 578. The minimum absolute atomic E-state index is 0.0237. The van der Waals surface area contributed by atoms with E-state index in [-0.39, 0.29) is 18.8 Å². The van der Waals surface area contributed by atoms with Crippen LogP contribution in [-0.2, 0) is 12.4 Å². The third-order valence-electron chi connectivity index (χ3n) is 2.76. The molecule has 1 heterocycles. The number of alkyl halides is 4. The molecule has 0 aliphatic heterocycles. The Morgan fingerprint density at radius 1 is 1.26 bits per heavy atom. The van der Waals surface area contributed by atoms with Crippen molar-refractivity contribution in [3.63, 3.8) is 0 Å². The van der Waals surface area contributed by atoms with E-state index in [0.29, 0.717) is 21.9 Å². The van der Waals surface area contributed by atoms with Crippen LogP contribution in [0.1, 0.15) is 18.7 Å². The average Bonchev–Trinajstić information content (AvgIpc) is 2.67. The molecule has 0 radical (unpaired) electrons. The smallest absolute Gasteiger partial charge is 0.326 e. The molecule has 0 bridgehead atoms. The van der Waals surface area contributed by atoms with Gasteiger partial charge in [-0.15, -0.1) is 11.6 Å². The van der Waals surface area contributed by atoms with E-state index in [1.807, 2.05) is 0 Å². The number of aryl methyl sites for hydroxylation is 1. The molecule has 0 aliphatic rings. The van der Waals surface area contributed by atoms with Gasteiger partial charge in [-0.1, -0.05) is 17.7 Å². The first-order chi connectivity index (χ1) is 8.92. The van der Waals surface area contributed by atoms with Gasteiger partial charge in [-0.3, -0.25) is 0 Å². The highest BCUT2D eigenvalue weighted by molar-refractivity contribution is 6.35. The summed E-state index contributed by atoms with van der Waals surface area (Å²) in [6.45, 7) is 0.196. The molecule has 0 unspecified atom stereocenters. The van der Waals surface area contributed by atoms with Crippen LogP contribution in [0.15, 0.2) is 18.2 Å². The molecule has 19 heavy (non-hydrogen) atoms. The van der Waals surface area contributed by atoms with Gasteiger partial charge in [0.1, 0.15) is 5.82 Å². The standard InChI is InChI=1S/C12H11Cl2F3N2/c13-7-10-18-9-4-1-3-8(14)11(9)19(10)6-2-5-12(15,16)17/h1,3-4H,2,5-7H2. The van der Waals surface area contributed by atoms with E-state index in [0.717, 1.165) is 0 Å². The first kappa shape index (κ1) is 14.5. The van der Waals surface area contributed by atoms with Crippen molar-refractivity contribution in [2.75, 3.05) is 0 Å². The molecule has 0 amide bonds. The van der Waals surface area contributed by atoms with Crippen molar-refractivity contribution in [3.8, 4) is 0 Å². The van der Waals surface area contributed by atoms with Crippen LogP contribution in [0.25, 0.3) is 11.0 Å². The van der Waals surface area contributed by atoms with Crippen molar-refractivity contribution >= 4 is 34.2 Å². The van der Waals surface area contributed by atoms with Gasteiger partial charge in [-0.2, -0.15) is 13.2 Å². The van der Waals surface area contributed by atoms with Crippen molar-refractivity contribution in [3.05, 3.63) is 29.0 Å². The number of aromatic nitrogens is 2. The lowest BCUT2D eigenvalue weighted by atomic mass is 10.2. The van der Waals surface area contributed by atoms with Crippen molar-refractivity contribution in [2.24, 2.45) is 0 Å². The highest BCUT2D eigenvalue weighted by Gasteiger charge is 2.26. The molecule has 2 rings (SSSR count). The molecular formula is C12H11Cl2F3N2. The Kier molecular flexibility index (Phi) is 4.26. The highest BCUT2D eigenvalue weighted by atomic mass is 35.5. The van der Waals surface area contributed by atoms with Gasteiger partial charge >= 0.3 is 6.18 Å². The van der Waals surface area contributed by atoms with E-state index in [9.17, 15) is 13.2 Å². The summed E-state index contributed by atoms with van der Waals surface area (Å²) in [5.74, 6) is 0.670. The summed E-state index contributed by atoms with van der Waals surface area (Å²) in [4.78, 5) is 4.27. The summed E-state index contributed by atoms with van der Waals surface area (Å²) in [6, 6.07) is 5.19. The number of para-hydroxylation sites is 1. The molecule has 1 aromatic heterocycles. The lowest BCUT2D eigenvalue weighted by Gasteiger charge is -2.10. The maximum Gasteiger partial charge on any atom is 0.389 e. The first-order valence-electron chi connectivity index (χ1n) is 5.68. The summed E-state index contributed by atoms with van der Waals surface area (Å²) in [7, 11) is 0. The zero-order chi connectivity index (χ0) is 14.0. The molecule has 0 atom stereocenters. The minimum Gasteiger partial charge on any atom is -0.326 e. The highest BCUT2D eigenvalue weighted by Crippen LogP contribution is 2.27. The van der Waals surface area contributed by atoms with Crippen LogP contribution in [0, 0.1) is 0 Å². The second kappa shape index (κ2) is 5.59. The lowest BCUT2D eigenvalue weighted by Crippen LogP contribution is -2.10. The summed E-state index contributed by atoms with van der Waals surface area (Å²) in [5.41, 5.74) is 1.29. The first-order valence-corrected chi connectivity index (χ1v) is 6.60. The van der Waals surface area contributed by atoms with Gasteiger partial charge in [-0.25, -0.2) is 4.98 Å². The zero-order valence-electron chi connectivity index (χ0n) is 9.84. The van der Waals surface area contributed by atoms with Crippen LogP contribution in [0.3, 0.4) is 0 Å². The summed E-state index contributed by atoms with van der Waals surface area (Å²) in [5, 5.41) is 0.466. The molecule has 2 nitrogen and oxygen atoms in total. The molecule has 2 aromatic rings. The summed E-state index contributed by atoms with van der Waals surface area (Å²) >= 11 is 11.9. The molecule has 0 saturated heterocycles. The molecule has 0 aliphatic carbocycles. The third-order valence-corrected chi connectivity index (χ3v) is 3.30. The molecule has 0 saturated carbocycles. The van der Waals surface area contributed by atoms with Crippen molar-refractivity contribution < 1.29 is 13.2 Å². The Morgan fingerprint density at radius 2 is 2.00 bits per heavy atom. The number of nitrogens with zero attached hydrogens (tertiary/aromatic N) is 2. The van der Waals surface area contributed by atoms with E-state index in [1.165, 1.54) is 0 Å². The topological polar surface area (TPSA) is 17.8 Å². The second-order valence-electron chi connectivity index (χ2n) is 4.14. The molecular weight excluding hydrogens is 300 g/mol. The Morgan fingerprint density at radius 3 is 2.63 bits per heavy atom. The lowest BCUT2D eigenvalue weighted by molar-refractivity contribution is -0.135. The van der Waals surface area contributed by atoms with Crippen LogP contribution in [-0.4, -0.2) is 15.7 Å². The predicted molar refractivity (Wildman–Crippen MR) is 69.6 cm³/mol. The normalized spacial score (nSPS) is 12.3. The van der Waals surface area contributed by atoms with Gasteiger partial charge in [0.05, 0.1) is 21.9 Å². The molecule has 0 spiro atoms. The van der Waals surface area contributed by atoms with Crippen LogP contribution in [0.5, 0.6) is 0 Å².